The highest BCUT2D eigenvalue weighted by atomic mass is 35.5. The number of halogens is 1. The van der Waals surface area contributed by atoms with Gasteiger partial charge in [0.25, 0.3) is 5.91 Å². The average Bonchev–Trinajstić information content (AvgIpc) is 2.84. The molecule has 1 N–H and O–H groups in total. The van der Waals surface area contributed by atoms with Crippen LogP contribution in [0.4, 0.5) is 0 Å². The van der Waals surface area contributed by atoms with Gasteiger partial charge in [0.2, 0.25) is 0 Å². The summed E-state index contributed by atoms with van der Waals surface area (Å²) in [5.74, 6) is -0.316. The molecule has 0 atom stereocenters. The second-order valence-electron chi connectivity index (χ2n) is 5.20. The van der Waals surface area contributed by atoms with Crippen molar-refractivity contribution in [2.24, 2.45) is 5.10 Å². The Kier molecular flexibility index (Phi) is 4.12. The van der Waals surface area contributed by atoms with Crippen molar-refractivity contribution in [1.82, 2.24) is 14.8 Å². The molecule has 0 radical (unpaired) electrons. The summed E-state index contributed by atoms with van der Waals surface area (Å²) in [6, 6.07) is 11.1. The highest BCUT2D eigenvalue weighted by molar-refractivity contribution is 6.33. The van der Waals surface area contributed by atoms with E-state index in [0.717, 1.165) is 16.8 Å². The highest BCUT2D eigenvalue weighted by Crippen LogP contribution is 2.14. The van der Waals surface area contributed by atoms with Crippen molar-refractivity contribution in [3.05, 3.63) is 70.1 Å². The summed E-state index contributed by atoms with van der Waals surface area (Å²) in [6.45, 7) is 3.76. The molecule has 5 nitrogen and oxygen atoms in total. The van der Waals surface area contributed by atoms with Crippen LogP contribution < -0.4 is 5.43 Å². The molecule has 2 aromatic heterocycles. The standard InChI is InChI=1S/C17H15ClN4O/c1-11-7-8-15-20-12(2)16(22(15)10-11)17(23)21-19-9-13-5-3-4-6-14(13)18/h3-10H,1-2H3,(H,21,23)/b19-9-. The lowest BCUT2D eigenvalue weighted by Crippen LogP contribution is -2.20. The molecule has 2 heterocycles. The lowest BCUT2D eigenvalue weighted by atomic mass is 10.2. The Morgan fingerprint density at radius 3 is 2.83 bits per heavy atom. The van der Waals surface area contributed by atoms with Gasteiger partial charge in [-0.3, -0.25) is 9.20 Å². The third-order valence-corrected chi connectivity index (χ3v) is 3.77. The van der Waals surface area contributed by atoms with E-state index < -0.39 is 0 Å². The first-order valence-electron chi connectivity index (χ1n) is 7.09. The Balaban J connectivity index is 1.85. The molecule has 0 bridgehead atoms. The number of hydrogen-bond acceptors (Lipinski definition) is 3. The van der Waals surface area contributed by atoms with Gasteiger partial charge in [-0.1, -0.05) is 35.9 Å². The molecule has 0 spiro atoms. The van der Waals surface area contributed by atoms with Gasteiger partial charge in [-0.05, 0) is 31.5 Å². The van der Waals surface area contributed by atoms with Crippen LogP contribution in [0.2, 0.25) is 5.02 Å². The second-order valence-corrected chi connectivity index (χ2v) is 5.61. The number of carbonyl (C=O) groups excluding carboxylic acids is 1. The third kappa shape index (κ3) is 3.10. The van der Waals surface area contributed by atoms with Crippen LogP contribution in [0.25, 0.3) is 5.65 Å². The van der Waals surface area contributed by atoms with E-state index in [0.29, 0.717) is 16.4 Å². The van der Waals surface area contributed by atoms with Crippen LogP contribution in [0.1, 0.15) is 27.3 Å². The molecule has 0 aliphatic rings. The van der Waals surface area contributed by atoms with E-state index in [4.69, 9.17) is 11.6 Å². The molecule has 3 aromatic rings. The lowest BCUT2D eigenvalue weighted by Gasteiger charge is -2.03. The van der Waals surface area contributed by atoms with Crippen molar-refractivity contribution in [1.29, 1.82) is 0 Å². The summed E-state index contributed by atoms with van der Waals surface area (Å²) in [5.41, 5.74) is 6.16. The summed E-state index contributed by atoms with van der Waals surface area (Å²) >= 11 is 6.04. The molecule has 1 amide bonds. The van der Waals surface area contributed by atoms with Gasteiger partial charge in [-0.25, -0.2) is 10.4 Å². The van der Waals surface area contributed by atoms with E-state index >= 15 is 0 Å². The highest BCUT2D eigenvalue weighted by Gasteiger charge is 2.16. The summed E-state index contributed by atoms with van der Waals surface area (Å²) in [6.07, 6.45) is 3.39. The molecule has 0 aliphatic carbocycles. The minimum Gasteiger partial charge on any atom is -0.295 e. The van der Waals surface area contributed by atoms with Crippen LogP contribution >= 0.6 is 11.6 Å². The van der Waals surface area contributed by atoms with Gasteiger partial charge in [0.05, 0.1) is 11.9 Å². The van der Waals surface area contributed by atoms with Crippen molar-refractivity contribution >= 4 is 29.4 Å². The zero-order chi connectivity index (χ0) is 16.4. The zero-order valence-corrected chi connectivity index (χ0v) is 13.5. The summed E-state index contributed by atoms with van der Waals surface area (Å²) in [5, 5.41) is 4.55. The summed E-state index contributed by atoms with van der Waals surface area (Å²) in [4.78, 5) is 16.8. The van der Waals surface area contributed by atoms with Gasteiger partial charge in [-0.15, -0.1) is 0 Å². The molecule has 0 saturated carbocycles. The van der Waals surface area contributed by atoms with Crippen molar-refractivity contribution in [2.45, 2.75) is 13.8 Å². The number of nitrogens with one attached hydrogen (secondary N) is 1. The molecule has 1 aromatic carbocycles. The first-order valence-corrected chi connectivity index (χ1v) is 7.47. The number of hydrazone groups is 1. The fourth-order valence-corrected chi connectivity index (χ4v) is 2.52. The number of hydrogen-bond donors (Lipinski definition) is 1. The van der Waals surface area contributed by atoms with E-state index in [-0.39, 0.29) is 5.91 Å². The number of rotatable bonds is 3. The Hall–Kier alpha value is -2.66. The van der Waals surface area contributed by atoms with Crippen molar-refractivity contribution < 1.29 is 4.79 Å². The number of aromatic nitrogens is 2. The molecule has 0 fully saturated rings. The maximum Gasteiger partial charge on any atom is 0.290 e. The fourth-order valence-electron chi connectivity index (χ4n) is 2.34. The predicted octanol–water partition coefficient (Wildman–Crippen LogP) is 3.37. The van der Waals surface area contributed by atoms with Crippen LogP contribution in [0.5, 0.6) is 0 Å². The van der Waals surface area contributed by atoms with Gasteiger partial charge in [0.1, 0.15) is 11.3 Å². The average molecular weight is 327 g/mol. The topological polar surface area (TPSA) is 58.8 Å². The number of benzene rings is 1. The number of aryl methyl sites for hydroxylation is 2. The van der Waals surface area contributed by atoms with E-state index in [1.54, 1.807) is 17.4 Å². The van der Waals surface area contributed by atoms with E-state index in [9.17, 15) is 4.79 Å². The Morgan fingerprint density at radius 1 is 1.26 bits per heavy atom. The number of fused-ring (bicyclic) bond motifs is 1. The first-order chi connectivity index (χ1) is 11.1. The molecule has 0 unspecified atom stereocenters. The van der Waals surface area contributed by atoms with Gasteiger partial charge in [-0.2, -0.15) is 5.10 Å². The molecular formula is C17H15ClN4O. The summed E-state index contributed by atoms with van der Waals surface area (Å²) in [7, 11) is 0. The molecular weight excluding hydrogens is 312 g/mol. The Labute approximate surface area is 138 Å². The van der Waals surface area contributed by atoms with Crippen LogP contribution in [0.3, 0.4) is 0 Å². The minimum atomic E-state index is -0.316. The van der Waals surface area contributed by atoms with Crippen molar-refractivity contribution in [2.75, 3.05) is 0 Å². The SMILES string of the molecule is Cc1ccc2nc(C)c(C(=O)N/N=C\c3ccccc3Cl)n2c1. The third-order valence-electron chi connectivity index (χ3n) is 3.43. The fraction of sp³-hybridized carbons (Fsp3) is 0.118. The van der Waals surface area contributed by atoms with E-state index in [1.165, 1.54) is 6.21 Å². The molecule has 0 saturated heterocycles. The number of pyridine rings is 1. The molecule has 6 heteroatoms. The number of carbonyl (C=O) groups is 1. The summed E-state index contributed by atoms with van der Waals surface area (Å²) < 4.78 is 1.77. The molecule has 3 rings (SSSR count). The predicted molar refractivity (Wildman–Crippen MR) is 91.2 cm³/mol. The maximum absolute atomic E-state index is 12.4. The zero-order valence-electron chi connectivity index (χ0n) is 12.7. The quantitative estimate of drug-likeness (QED) is 0.592. The number of nitrogens with zero attached hydrogens (tertiary/aromatic N) is 3. The van der Waals surface area contributed by atoms with Crippen LogP contribution in [0, 0.1) is 13.8 Å². The minimum absolute atomic E-state index is 0.316. The van der Waals surface area contributed by atoms with Gasteiger partial charge in [0, 0.05) is 16.8 Å². The first kappa shape index (κ1) is 15.2. The second kappa shape index (κ2) is 6.22. The largest absolute Gasteiger partial charge is 0.295 e. The molecule has 0 aliphatic heterocycles. The van der Waals surface area contributed by atoms with Gasteiger partial charge < -0.3 is 0 Å². The van der Waals surface area contributed by atoms with E-state index in [2.05, 4.69) is 15.5 Å². The smallest absolute Gasteiger partial charge is 0.290 e. The lowest BCUT2D eigenvalue weighted by molar-refractivity contribution is 0.0948. The van der Waals surface area contributed by atoms with Crippen molar-refractivity contribution in [3.8, 4) is 0 Å². The van der Waals surface area contributed by atoms with Crippen LogP contribution in [-0.2, 0) is 0 Å². The number of amides is 1. The van der Waals surface area contributed by atoms with Crippen molar-refractivity contribution in [3.63, 3.8) is 0 Å². The Bertz CT molecular complexity index is 914. The monoisotopic (exact) mass is 326 g/mol. The van der Waals surface area contributed by atoms with Crippen LogP contribution in [0.15, 0.2) is 47.7 Å². The molecule has 23 heavy (non-hydrogen) atoms. The number of imidazole rings is 1. The molecule has 116 valence electrons. The van der Waals surface area contributed by atoms with Crippen LogP contribution in [-0.4, -0.2) is 21.5 Å². The Morgan fingerprint density at radius 2 is 2.04 bits per heavy atom. The van der Waals surface area contributed by atoms with Gasteiger partial charge in [0.15, 0.2) is 0 Å². The van der Waals surface area contributed by atoms with Gasteiger partial charge >= 0.3 is 0 Å². The van der Waals surface area contributed by atoms with E-state index in [1.807, 2.05) is 43.5 Å². The normalized spacial score (nSPS) is 11.3. The maximum atomic E-state index is 12.4.